The number of halogens is 3. The summed E-state index contributed by atoms with van der Waals surface area (Å²) in [4.78, 5) is 22.6. The van der Waals surface area contributed by atoms with E-state index in [0.29, 0.717) is 27.7 Å². The second-order valence-electron chi connectivity index (χ2n) is 6.58. The van der Waals surface area contributed by atoms with Crippen molar-refractivity contribution >= 4 is 28.1 Å². The molecule has 2 unspecified atom stereocenters. The van der Waals surface area contributed by atoms with Gasteiger partial charge in [-0.3, -0.25) is 8.89 Å². The van der Waals surface area contributed by atoms with Gasteiger partial charge in [-0.15, -0.1) is 11.3 Å². The van der Waals surface area contributed by atoms with Gasteiger partial charge >= 0.3 is 11.5 Å². The maximum atomic E-state index is 12.8. The smallest absolute Gasteiger partial charge is 0.390 e. The van der Waals surface area contributed by atoms with Crippen LogP contribution >= 0.6 is 11.3 Å². The number of alkyl halides is 3. The molecule has 3 heterocycles. The lowest BCUT2D eigenvalue weighted by molar-refractivity contribution is -0.394. The van der Waals surface area contributed by atoms with Crippen molar-refractivity contribution in [2.45, 2.75) is 37.4 Å². The summed E-state index contributed by atoms with van der Waals surface area (Å²) in [6, 6.07) is 1.66. The molecule has 0 aliphatic rings. The van der Waals surface area contributed by atoms with Gasteiger partial charge in [0.2, 0.25) is 0 Å². The Morgan fingerprint density at radius 1 is 1.32 bits per heavy atom. The van der Waals surface area contributed by atoms with Crippen LogP contribution in [-0.4, -0.2) is 44.6 Å². The van der Waals surface area contributed by atoms with E-state index in [1.165, 1.54) is 28.4 Å². The minimum absolute atomic E-state index is 0.0721. The van der Waals surface area contributed by atoms with Crippen LogP contribution in [0.5, 0.6) is 0 Å². The summed E-state index contributed by atoms with van der Waals surface area (Å²) in [5.74, 6) is -0.518. The molecule has 0 N–H and O–H groups in total. The van der Waals surface area contributed by atoms with E-state index in [1.807, 2.05) is 0 Å². The highest BCUT2D eigenvalue weighted by atomic mass is 32.2. The summed E-state index contributed by atoms with van der Waals surface area (Å²) in [5.41, 5.74) is -2.58. The third-order valence-corrected chi connectivity index (χ3v) is 7.22. The fraction of sp³-hybridized carbons (Fsp3) is 0.412. The van der Waals surface area contributed by atoms with Crippen LogP contribution in [-0.2, 0) is 24.3 Å². The van der Waals surface area contributed by atoms with Gasteiger partial charge in [-0.05, 0) is 24.3 Å². The Balaban J connectivity index is 1.88. The Morgan fingerprint density at radius 2 is 1.97 bits per heavy atom. The van der Waals surface area contributed by atoms with E-state index < -0.39 is 32.4 Å². The average molecular weight is 474 g/mol. The lowest BCUT2D eigenvalue weighted by Crippen LogP contribution is -2.29. The van der Waals surface area contributed by atoms with Gasteiger partial charge in [0.1, 0.15) is 28.2 Å². The molecule has 31 heavy (non-hydrogen) atoms. The first-order chi connectivity index (χ1) is 14.5. The normalized spacial score (nSPS) is 13.9. The van der Waals surface area contributed by atoms with E-state index in [9.17, 15) is 27.5 Å². The number of aromatic nitrogens is 5. The molecule has 0 saturated carbocycles. The van der Waals surface area contributed by atoms with E-state index in [0.717, 1.165) is 4.88 Å². The number of hydrogen-bond donors (Lipinski definition) is 0. The number of thiazole rings is 1. The van der Waals surface area contributed by atoms with Gasteiger partial charge in [0.05, 0.1) is 27.5 Å². The minimum atomic E-state index is -4.77. The van der Waals surface area contributed by atoms with Crippen LogP contribution < -0.4 is 0 Å². The SMILES string of the molecule is CCC(Cc1cc(-c2sc(-c3cnc([N+](=O)[O-])nc3)nc2C)n(C)n1)S(=O)C(F)(F)F. The monoisotopic (exact) mass is 474 g/mol. The Kier molecular flexibility index (Phi) is 6.50. The molecule has 0 spiro atoms. The van der Waals surface area contributed by atoms with E-state index in [4.69, 9.17) is 0 Å². The minimum Gasteiger partial charge on any atom is -0.390 e. The molecular formula is C17H17F3N6O3S2. The van der Waals surface area contributed by atoms with E-state index >= 15 is 0 Å². The number of rotatable bonds is 7. The Labute approximate surface area is 181 Å². The van der Waals surface area contributed by atoms with E-state index in [1.54, 1.807) is 27.0 Å². The Hall–Kier alpha value is -2.74. The first kappa shape index (κ1) is 22.9. The molecule has 0 bridgehead atoms. The number of nitro groups is 1. The molecule has 0 amide bonds. The molecule has 0 saturated heterocycles. The highest BCUT2D eigenvalue weighted by Gasteiger charge is 2.41. The van der Waals surface area contributed by atoms with Crippen molar-refractivity contribution in [1.29, 1.82) is 0 Å². The van der Waals surface area contributed by atoms with Gasteiger partial charge in [-0.25, -0.2) is 4.98 Å². The molecule has 0 aliphatic carbocycles. The molecule has 9 nitrogen and oxygen atoms in total. The second kappa shape index (κ2) is 8.78. The summed E-state index contributed by atoms with van der Waals surface area (Å²) < 4.78 is 51.8. The molecule has 0 radical (unpaired) electrons. The van der Waals surface area contributed by atoms with Gasteiger partial charge in [0.15, 0.2) is 0 Å². The van der Waals surface area contributed by atoms with Crippen LogP contribution in [0, 0.1) is 17.0 Å². The third-order valence-electron chi connectivity index (χ3n) is 4.43. The van der Waals surface area contributed by atoms with Crippen LogP contribution in [0.3, 0.4) is 0 Å². The van der Waals surface area contributed by atoms with Crippen LogP contribution in [0.4, 0.5) is 19.1 Å². The number of aryl methyl sites for hydroxylation is 2. The fourth-order valence-corrected chi connectivity index (χ4v) is 5.01. The molecule has 0 aromatic carbocycles. The van der Waals surface area contributed by atoms with Crippen LogP contribution in [0.1, 0.15) is 24.7 Å². The molecule has 0 aliphatic heterocycles. The standard InChI is InChI=1S/C17H17F3N6O3S2/c1-4-12(31(29)17(18,19)20)5-11-6-13(25(3)24-11)14-9(2)23-15(30-14)10-7-21-16(22-8-10)26(27)28/h6-8,12H,4-5H2,1-3H3. The maximum Gasteiger partial charge on any atom is 0.471 e. The van der Waals surface area contributed by atoms with E-state index in [-0.39, 0.29) is 12.8 Å². The summed E-state index contributed by atoms with van der Waals surface area (Å²) in [6.07, 6.45) is 2.64. The van der Waals surface area contributed by atoms with Gasteiger partial charge in [0.25, 0.3) is 0 Å². The van der Waals surface area contributed by atoms with E-state index in [2.05, 4.69) is 20.1 Å². The zero-order chi connectivity index (χ0) is 22.9. The number of hydrogen-bond acceptors (Lipinski definition) is 8. The Bertz CT molecular complexity index is 1130. The van der Waals surface area contributed by atoms with Gasteiger partial charge in [-0.2, -0.15) is 18.3 Å². The van der Waals surface area contributed by atoms with Crippen LogP contribution in [0.2, 0.25) is 0 Å². The molecule has 3 aromatic heterocycles. The lowest BCUT2D eigenvalue weighted by Gasteiger charge is -2.15. The maximum absolute atomic E-state index is 12.8. The number of nitrogens with zero attached hydrogens (tertiary/aromatic N) is 6. The largest absolute Gasteiger partial charge is 0.471 e. The average Bonchev–Trinajstić information content (AvgIpc) is 3.26. The summed E-state index contributed by atoms with van der Waals surface area (Å²) in [7, 11) is -1.31. The van der Waals surface area contributed by atoms with Crippen molar-refractivity contribution in [2.24, 2.45) is 7.05 Å². The van der Waals surface area contributed by atoms with Crippen molar-refractivity contribution in [3.05, 3.63) is 40.0 Å². The molecule has 0 fully saturated rings. The third kappa shape index (κ3) is 4.95. The first-order valence-electron chi connectivity index (χ1n) is 8.96. The zero-order valence-corrected chi connectivity index (χ0v) is 18.2. The van der Waals surface area contributed by atoms with Crippen LogP contribution in [0.25, 0.3) is 21.1 Å². The quantitative estimate of drug-likeness (QED) is 0.378. The lowest BCUT2D eigenvalue weighted by atomic mass is 10.2. The summed E-state index contributed by atoms with van der Waals surface area (Å²) in [5, 5.41) is 14.4. The van der Waals surface area contributed by atoms with Crippen molar-refractivity contribution in [1.82, 2.24) is 24.7 Å². The molecule has 3 aromatic rings. The van der Waals surface area contributed by atoms with Gasteiger partial charge in [-0.1, -0.05) is 16.9 Å². The molecule has 14 heteroatoms. The molecule has 3 rings (SSSR count). The fourth-order valence-electron chi connectivity index (χ4n) is 2.92. The highest BCUT2D eigenvalue weighted by Crippen LogP contribution is 2.35. The first-order valence-corrected chi connectivity index (χ1v) is 11.0. The second-order valence-corrected chi connectivity index (χ2v) is 9.31. The molecular weight excluding hydrogens is 457 g/mol. The summed E-state index contributed by atoms with van der Waals surface area (Å²) >= 11 is 1.28. The van der Waals surface area contributed by atoms with Crippen LogP contribution in [0.15, 0.2) is 18.5 Å². The van der Waals surface area contributed by atoms with Crippen molar-refractivity contribution in [3.63, 3.8) is 0 Å². The highest BCUT2D eigenvalue weighted by molar-refractivity contribution is 7.86. The zero-order valence-electron chi connectivity index (χ0n) is 16.6. The van der Waals surface area contributed by atoms with Gasteiger partial charge in [0, 0.05) is 18.7 Å². The predicted octanol–water partition coefficient (Wildman–Crippen LogP) is 3.81. The van der Waals surface area contributed by atoms with Crippen molar-refractivity contribution in [3.8, 4) is 21.1 Å². The molecule has 2 atom stereocenters. The van der Waals surface area contributed by atoms with Gasteiger partial charge < -0.3 is 10.1 Å². The Morgan fingerprint density at radius 3 is 2.52 bits per heavy atom. The molecule has 166 valence electrons. The topological polar surface area (TPSA) is 117 Å². The summed E-state index contributed by atoms with van der Waals surface area (Å²) in [6.45, 7) is 3.33. The predicted molar refractivity (Wildman–Crippen MR) is 109 cm³/mol. The van der Waals surface area contributed by atoms with Crippen molar-refractivity contribution in [2.75, 3.05) is 0 Å². The van der Waals surface area contributed by atoms with Crippen molar-refractivity contribution < 1.29 is 22.3 Å².